The minimum absolute atomic E-state index is 0.111. The normalized spacial score (nSPS) is 13.9. The molecule has 0 bridgehead atoms. The summed E-state index contributed by atoms with van der Waals surface area (Å²) in [6.45, 7) is 0. The van der Waals surface area contributed by atoms with Crippen LogP contribution in [0.1, 0.15) is 42.5 Å². The van der Waals surface area contributed by atoms with Gasteiger partial charge in [-0.25, -0.2) is 0 Å². The molecule has 0 saturated heterocycles. The summed E-state index contributed by atoms with van der Waals surface area (Å²) in [4.78, 5) is 24.8. The number of hydrogen-bond donors (Lipinski definition) is 4. The number of anilines is 3. The molecule has 2 aromatic carbocycles. The lowest BCUT2D eigenvalue weighted by molar-refractivity contribution is 0.0962. The van der Waals surface area contributed by atoms with Gasteiger partial charge >= 0.3 is 0 Å². The van der Waals surface area contributed by atoms with E-state index in [-0.39, 0.29) is 12.0 Å². The lowest BCUT2D eigenvalue weighted by atomic mass is 9.98. The predicted molar refractivity (Wildman–Crippen MR) is 141 cm³/mol. The van der Waals surface area contributed by atoms with E-state index in [4.69, 9.17) is 25.2 Å². The molecule has 0 aliphatic heterocycles. The average Bonchev–Trinajstić information content (AvgIpc) is 3.34. The van der Waals surface area contributed by atoms with E-state index in [1.54, 1.807) is 32.4 Å². The second-order valence-corrected chi connectivity index (χ2v) is 8.90. The van der Waals surface area contributed by atoms with Gasteiger partial charge in [0.15, 0.2) is 0 Å². The van der Waals surface area contributed by atoms with Gasteiger partial charge in [0.2, 0.25) is 11.8 Å². The number of nitrogens with zero attached hydrogens (tertiary/aromatic N) is 2. The van der Waals surface area contributed by atoms with Gasteiger partial charge in [0.1, 0.15) is 17.5 Å². The van der Waals surface area contributed by atoms with E-state index in [2.05, 4.69) is 15.6 Å². The van der Waals surface area contributed by atoms with Gasteiger partial charge in [-0.2, -0.15) is 9.97 Å². The highest BCUT2D eigenvalue weighted by Crippen LogP contribution is 2.37. The standard InChI is InChI=1S/C27H30N6O3/c1-29-25(34)17-10-13-21(22(14-17)35-2)31-27-32-24-23(26(33-27)36-19-6-4-3-5-7-19)20(15-30-24)16-8-11-18(28)12-9-16/h8-15,19H,3-7,28H2,1-2H3,(H,29,34)(H2,30,31,32,33). The molecular weight excluding hydrogens is 456 g/mol. The molecule has 5 N–H and O–H groups in total. The van der Waals surface area contributed by atoms with Crippen LogP contribution in [0.2, 0.25) is 0 Å². The van der Waals surface area contributed by atoms with Crippen molar-refractivity contribution in [2.75, 3.05) is 25.2 Å². The number of nitrogen functional groups attached to an aromatic ring is 1. The number of aromatic amines is 1. The van der Waals surface area contributed by atoms with Gasteiger partial charge in [0.25, 0.3) is 5.91 Å². The maximum absolute atomic E-state index is 12.0. The highest BCUT2D eigenvalue weighted by Gasteiger charge is 2.22. The molecule has 1 saturated carbocycles. The molecule has 1 aliphatic carbocycles. The largest absolute Gasteiger partial charge is 0.495 e. The number of methoxy groups -OCH3 is 1. The maximum Gasteiger partial charge on any atom is 0.251 e. The molecule has 1 aliphatic rings. The Morgan fingerprint density at radius 2 is 1.86 bits per heavy atom. The van der Waals surface area contributed by atoms with Crippen LogP contribution in [-0.2, 0) is 0 Å². The van der Waals surface area contributed by atoms with Crippen LogP contribution in [0.25, 0.3) is 22.2 Å². The fraction of sp³-hybridized carbons (Fsp3) is 0.296. The summed E-state index contributed by atoms with van der Waals surface area (Å²) in [6.07, 6.45) is 7.57. The lowest BCUT2D eigenvalue weighted by Gasteiger charge is -2.23. The third kappa shape index (κ3) is 4.77. The third-order valence-electron chi connectivity index (χ3n) is 6.49. The van der Waals surface area contributed by atoms with E-state index >= 15 is 0 Å². The summed E-state index contributed by atoms with van der Waals surface area (Å²) in [7, 11) is 3.15. The van der Waals surface area contributed by atoms with Crippen molar-refractivity contribution in [3.63, 3.8) is 0 Å². The Balaban J connectivity index is 1.55. The molecule has 0 radical (unpaired) electrons. The molecule has 9 heteroatoms. The fourth-order valence-corrected chi connectivity index (χ4v) is 4.57. The van der Waals surface area contributed by atoms with Gasteiger partial charge in [-0.15, -0.1) is 0 Å². The molecule has 1 amide bonds. The highest BCUT2D eigenvalue weighted by molar-refractivity contribution is 5.98. The maximum atomic E-state index is 12.0. The van der Waals surface area contributed by atoms with Crippen molar-refractivity contribution in [1.29, 1.82) is 0 Å². The number of benzene rings is 2. The van der Waals surface area contributed by atoms with Gasteiger partial charge in [0, 0.05) is 30.1 Å². The Morgan fingerprint density at radius 1 is 1.08 bits per heavy atom. The molecule has 1 fully saturated rings. The number of carbonyl (C=O) groups excluding carboxylic acids is 1. The molecule has 9 nitrogen and oxygen atoms in total. The van der Waals surface area contributed by atoms with E-state index in [0.717, 1.165) is 42.2 Å². The van der Waals surface area contributed by atoms with Crippen molar-refractivity contribution in [3.05, 3.63) is 54.2 Å². The summed E-state index contributed by atoms with van der Waals surface area (Å²) < 4.78 is 12.0. The monoisotopic (exact) mass is 486 g/mol. The first-order valence-corrected chi connectivity index (χ1v) is 12.1. The molecule has 2 heterocycles. The van der Waals surface area contributed by atoms with E-state index < -0.39 is 0 Å². The predicted octanol–water partition coefficient (Wildman–Crippen LogP) is 5.03. The fourth-order valence-electron chi connectivity index (χ4n) is 4.57. The summed E-state index contributed by atoms with van der Waals surface area (Å²) in [6, 6.07) is 12.9. The quantitative estimate of drug-likeness (QED) is 0.270. The van der Waals surface area contributed by atoms with Crippen LogP contribution >= 0.6 is 0 Å². The molecular formula is C27H30N6O3. The van der Waals surface area contributed by atoms with Gasteiger partial charge in [0.05, 0.1) is 18.2 Å². The molecule has 4 aromatic rings. The summed E-state index contributed by atoms with van der Waals surface area (Å²) >= 11 is 0. The second-order valence-electron chi connectivity index (χ2n) is 8.90. The molecule has 5 rings (SSSR count). The zero-order chi connectivity index (χ0) is 25.1. The Hall–Kier alpha value is -4.27. The first-order valence-electron chi connectivity index (χ1n) is 12.1. The second kappa shape index (κ2) is 10.2. The number of fused-ring (bicyclic) bond motifs is 1. The topological polar surface area (TPSA) is 127 Å². The zero-order valence-corrected chi connectivity index (χ0v) is 20.4. The first-order chi connectivity index (χ1) is 17.6. The Morgan fingerprint density at radius 3 is 2.58 bits per heavy atom. The summed E-state index contributed by atoms with van der Waals surface area (Å²) in [5.74, 6) is 1.21. The van der Waals surface area contributed by atoms with Crippen molar-refractivity contribution in [2.45, 2.75) is 38.2 Å². The van der Waals surface area contributed by atoms with Crippen molar-refractivity contribution in [1.82, 2.24) is 20.3 Å². The average molecular weight is 487 g/mol. The lowest BCUT2D eigenvalue weighted by Crippen LogP contribution is -2.20. The van der Waals surface area contributed by atoms with Crippen LogP contribution in [-0.4, -0.2) is 41.1 Å². The van der Waals surface area contributed by atoms with E-state index in [1.807, 2.05) is 30.5 Å². The van der Waals surface area contributed by atoms with Gasteiger partial charge in [-0.05, 0) is 61.6 Å². The Labute approximate surface area is 209 Å². The minimum atomic E-state index is -0.192. The van der Waals surface area contributed by atoms with Crippen LogP contribution in [0.15, 0.2) is 48.7 Å². The smallest absolute Gasteiger partial charge is 0.251 e. The van der Waals surface area contributed by atoms with Crippen molar-refractivity contribution in [2.24, 2.45) is 0 Å². The van der Waals surface area contributed by atoms with Crippen LogP contribution in [0, 0.1) is 0 Å². The number of aromatic nitrogens is 3. The number of H-pyrrole nitrogens is 1. The number of nitrogens with two attached hydrogens (primary N) is 1. The van der Waals surface area contributed by atoms with Gasteiger partial charge < -0.3 is 30.8 Å². The van der Waals surface area contributed by atoms with Gasteiger partial charge in [-0.1, -0.05) is 18.6 Å². The molecule has 0 spiro atoms. The highest BCUT2D eigenvalue weighted by atomic mass is 16.5. The van der Waals surface area contributed by atoms with Crippen LogP contribution in [0.5, 0.6) is 11.6 Å². The van der Waals surface area contributed by atoms with Crippen molar-refractivity contribution >= 4 is 34.3 Å². The van der Waals surface area contributed by atoms with Crippen molar-refractivity contribution in [3.8, 4) is 22.8 Å². The zero-order valence-electron chi connectivity index (χ0n) is 20.4. The summed E-state index contributed by atoms with van der Waals surface area (Å²) in [5, 5.41) is 6.69. The van der Waals surface area contributed by atoms with E-state index in [1.165, 1.54) is 6.42 Å². The number of carbonyl (C=O) groups is 1. The number of hydrogen-bond acceptors (Lipinski definition) is 7. The van der Waals surface area contributed by atoms with Crippen LogP contribution in [0.4, 0.5) is 17.3 Å². The molecule has 2 aromatic heterocycles. The Bertz CT molecular complexity index is 1380. The number of amides is 1. The SMILES string of the molecule is CNC(=O)c1ccc(Nc2nc(OC3CCCCC3)c3c(-c4ccc(N)cc4)c[nH]c3n2)c(OC)c1. The molecule has 36 heavy (non-hydrogen) atoms. The Kier molecular flexibility index (Phi) is 6.62. The first kappa shape index (κ1) is 23.5. The van der Waals surface area contributed by atoms with Crippen molar-refractivity contribution < 1.29 is 14.3 Å². The molecule has 186 valence electrons. The third-order valence-corrected chi connectivity index (χ3v) is 6.49. The van der Waals surface area contributed by atoms with E-state index in [9.17, 15) is 4.79 Å². The number of rotatable bonds is 7. The molecule has 0 unspecified atom stereocenters. The van der Waals surface area contributed by atoms with Crippen LogP contribution in [0.3, 0.4) is 0 Å². The minimum Gasteiger partial charge on any atom is -0.495 e. The number of nitrogens with one attached hydrogen (secondary N) is 3. The summed E-state index contributed by atoms with van der Waals surface area (Å²) in [5.41, 5.74) is 10.3. The van der Waals surface area contributed by atoms with Crippen LogP contribution < -0.4 is 25.8 Å². The number of ether oxygens (including phenoxy) is 2. The van der Waals surface area contributed by atoms with Gasteiger partial charge in [-0.3, -0.25) is 4.79 Å². The molecule has 0 atom stereocenters. The van der Waals surface area contributed by atoms with E-state index in [0.29, 0.717) is 40.2 Å².